The maximum absolute atomic E-state index is 5.97. The zero-order chi connectivity index (χ0) is 19.4. The second kappa shape index (κ2) is 11.3. The number of aromatic nitrogens is 1. The summed E-state index contributed by atoms with van der Waals surface area (Å²) < 4.78 is 11.1. The summed E-state index contributed by atoms with van der Waals surface area (Å²) in [5.41, 5.74) is 8.09. The van der Waals surface area contributed by atoms with Crippen LogP contribution in [0, 0.1) is 0 Å². The third kappa shape index (κ3) is 7.17. The minimum Gasteiger partial charge on any atom is -0.473 e. The van der Waals surface area contributed by atoms with Crippen LogP contribution in [-0.4, -0.2) is 55.2 Å². The third-order valence-electron chi connectivity index (χ3n) is 4.52. The van der Waals surface area contributed by atoms with Gasteiger partial charge in [-0.15, -0.1) is 0 Å². The van der Waals surface area contributed by atoms with E-state index in [-0.39, 0.29) is 0 Å². The van der Waals surface area contributed by atoms with Crippen LogP contribution in [0.25, 0.3) is 0 Å². The van der Waals surface area contributed by atoms with E-state index in [1.54, 1.807) is 6.20 Å². The topological polar surface area (TPSA) is 85.0 Å². The Labute approximate surface area is 166 Å². The molecule has 0 unspecified atom stereocenters. The van der Waals surface area contributed by atoms with Gasteiger partial charge in [-0.25, -0.2) is 9.98 Å². The molecule has 2 aromatic rings. The average Bonchev–Trinajstić information content (AvgIpc) is 2.76. The number of nitrogens with two attached hydrogens (primary N) is 1. The van der Waals surface area contributed by atoms with Crippen LogP contribution in [0.2, 0.25) is 0 Å². The summed E-state index contributed by atoms with van der Waals surface area (Å²) in [5, 5.41) is 3.18. The van der Waals surface area contributed by atoms with Gasteiger partial charge in [-0.05, 0) is 30.2 Å². The van der Waals surface area contributed by atoms with Gasteiger partial charge in [0.05, 0.1) is 19.8 Å². The second-order valence-electron chi connectivity index (χ2n) is 6.71. The van der Waals surface area contributed by atoms with Gasteiger partial charge in [-0.1, -0.05) is 30.3 Å². The Balaban J connectivity index is 1.37. The van der Waals surface area contributed by atoms with Crippen molar-refractivity contribution in [2.45, 2.75) is 19.6 Å². The molecule has 1 saturated heterocycles. The molecule has 150 valence electrons. The Morgan fingerprint density at radius 3 is 2.82 bits per heavy atom. The molecule has 0 radical (unpaired) electrons. The van der Waals surface area contributed by atoms with Gasteiger partial charge in [-0.3, -0.25) is 4.90 Å². The summed E-state index contributed by atoms with van der Waals surface area (Å²) >= 11 is 0. The number of benzene rings is 1. The van der Waals surface area contributed by atoms with Crippen LogP contribution in [0.15, 0.2) is 53.7 Å². The quantitative estimate of drug-likeness (QED) is 0.390. The first-order chi connectivity index (χ1) is 13.8. The predicted molar refractivity (Wildman–Crippen MR) is 110 cm³/mol. The molecular formula is C21H29N5O2. The van der Waals surface area contributed by atoms with Gasteiger partial charge in [-0.2, -0.15) is 0 Å². The van der Waals surface area contributed by atoms with Crippen LogP contribution in [0.4, 0.5) is 0 Å². The zero-order valence-corrected chi connectivity index (χ0v) is 16.2. The Bertz CT molecular complexity index is 733. The Morgan fingerprint density at radius 1 is 1.18 bits per heavy atom. The van der Waals surface area contributed by atoms with Crippen LogP contribution in [0.3, 0.4) is 0 Å². The minimum atomic E-state index is 0.463. The van der Waals surface area contributed by atoms with Crippen molar-refractivity contribution < 1.29 is 9.47 Å². The molecular weight excluding hydrogens is 354 g/mol. The number of rotatable bonds is 9. The van der Waals surface area contributed by atoms with Crippen molar-refractivity contribution in [3.8, 4) is 5.88 Å². The maximum atomic E-state index is 5.97. The van der Waals surface area contributed by atoms with Crippen LogP contribution in [0.5, 0.6) is 5.88 Å². The van der Waals surface area contributed by atoms with Crippen LogP contribution >= 0.6 is 0 Å². The summed E-state index contributed by atoms with van der Waals surface area (Å²) in [6.07, 6.45) is 2.76. The molecule has 1 aromatic carbocycles. The molecule has 1 aliphatic heterocycles. The van der Waals surface area contributed by atoms with Crippen molar-refractivity contribution in [2.75, 3.05) is 39.4 Å². The zero-order valence-electron chi connectivity index (χ0n) is 16.2. The highest BCUT2D eigenvalue weighted by molar-refractivity contribution is 5.77. The van der Waals surface area contributed by atoms with Crippen molar-refractivity contribution in [3.63, 3.8) is 0 Å². The van der Waals surface area contributed by atoms with E-state index in [0.717, 1.165) is 56.9 Å². The normalized spacial score (nSPS) is 15.4. The molecule has 1 aliphatic rings. The number of hydrogen-bond acceptors (Lipinski definition) is 5. The van der Waals surface area contributed by atoms with Crippen LogP contribution < -0.4 is 15.8 Å². The van der Waals surface area contributed by atoms with Gasteiger partial charge in [0.1, 0.15) is 6.61 Å². The van der Waals surface area contributed by atoms with Crippen molar-refractivity contribution in [1.82, 2.24) is 15.2 Å². The molecule has 3 rings (SSSR count). The minimum absolute atomic E-state index is 0.463. The first-order valence-electron chi connectivity index (χ1n) is 9.75. The standard InChI is InChI=1S/C21H29N5O2/c22-21(24-8-4-10-26-11-13-27-14-12-26)25-16-19-7-9-23-20(15-19)28-17-18-5-2-1-3-6-18/h1-3,5-7,9,15H,4,8,10-14,16-17H2,(H3,22,24,25). The van der Waals surface area contributed by atoms with Crippen molar-refractivity contribution >= 4 is 5.96 Å². The molecule has 0 aliphatic carbocycles. The van der Waals surface area contributed by atoms with E-state index in [2.05, 4.69) is 20.2 Å². The summed E-state index contributed by atoms with van der Waals surface area (Å²) in [6, 6.07) is 13.9. The molecule has 3 N–H and O–H groups in total. The van der Waals surface area contributed by atoms with Crippen molar-refractivity contribution in [2.24, 2.45) is 10.7 Å². The number of nitrogens with zero attached hydrogens (tertiary/aromatic N) is 3. The molecule has 28 heavy (non-hydrogen) atoms. The Kier molecular flexibility index (Phi) is 8.08. The van der Waals surface area contributed by atoms with Gasteiger partial charge in [0.2, 0.25) is 5.88 Å². The Morgan fingerprint density at radius 2 is 2.00 bits per heavy atom. The van der Waals surface area contributed by atoms with E-state index >= 15 is 0 Å². The van der Waals surface area contributed by atoms with Gasteiger partial charge in [0, 0.05) is 31.9 Å². The highest BCUT2D eigenvalue weighted by atomic mass is 16.5. The number of pyridine rings is 1. The summed E-state index contributed by atoms with van der Waals surface area (Å²) in [7, 11) is 0. The van der Waals surface area contributed by atoms with Crippen LogP contribution in [0.1, 0.15) is 17.5 Å². The van der Waals surface area contributed by atoms with E-state index in [1.807, 2.05) is 42.5 Å². The smallest absolute Gasteiger partial charge is 0.213 e. The Hall–Kier alpha value is -2.64. The lowest BCUT2D eigenvalue weighted by molar-refractivity contribution is 0.0376. The highest BCUT2D eigenvalue weighted by Crippen LogP contribution is 2.12. The summed E-state index contributed by atoms with van der Waals surface area (Å²) in [4.78, 5) is 11.1. The third-order valence-corrected chi connectivity index (χ3v) is 4.52. The molecule has 0 bridgehead atoms. The van der Waals surface area contributed by atoms with E-state index < -0.39 is 0 Å². The average molecular weight is 383 g/mol. The SMILES string of the molecule is NC(=NCc1ccnc(OCc2ccccc2)c1)NCCCN1CCOCC1. The second-order valence-corrected chi connectivity index (χ2v) is 6.71. The number of morpholine rings is 1. The molecule has 7 nitrogen and oxygen atoms in total. The van der Waals surface area contributed by atoms with E-state index in [1.165, 1.54) is 0 Å². The molecule has 0 amide bonds. The highest BCUT2D eigenvalue weighted by Gasteiger charge is 2.09. The first kappa shape index (κ1) is 20.1. The lowest BCUT2D eigenvalue weighted by atomic mass is 10.2. The van der Waals surface area contributed by atoms with Crippen molar-refractivity contribution in [1.29, 1.82) is 0 Å². The molecule has 0 spiro atoms. The van der Waals surface area contributed by atoms with E-state index in [9.17, 15) is 0 Å². The molecule has 2 heterocycles. The number of aliphatic imine (C=N–C) groups is 1. The van der Waals surface area contributed by atoms with Gasteiger partial charge >= 0.3 is 0 Å². The van der Waals surface area contributed by atoms with Gasteiger partial charge in [0.15, 0.2) is 5.96 Å². The van der Waals surface area contributed by atoms with Gasteiger partial charge in [0.25, 0.3) is 0 Å². The molecule has 1 aromatic heterocycles. The molecule has 0 atom stereocenters. The lowest BCUT2D eigenvalue weighted by Crippen LogP contribution is -2.39. The monoisotopic (exact) mass is 383 g/mol. The fourth-order valence-electron chi connectivity index (χ4n) is 2.94. The summed E-state index contributed by atoms with van der Waals surface area (Å²) in [6.45, 7) is 6.55. The molecule has 0 saturated carbocycles. The molecule has 1 fully saturated rings. The van der Waals surface area contributed by atoms with E-state index in [0.29, 0.717) is 25.0 Å². The largest absolute Gasteiger partial charge is 0.473 e. The van der Waals surface area contributed by atoms with Crippen molar-refractivity contribution in [3.05, 3.63) is 59.8 Å². The lowest BCUT2D eigenvalue weighted by Gasteiger charge is -2.26. The number of ether oxygens (including phenoxy) is 2. The number of nitrogens with one attached hydrogen (secondary N) is 1. The fraction of sp³-hybridized carbons (Fsp3) is 0.429. The summed E-state index contributed by atoms with van der Waals surface area (Å²) in [5.74, 6) is 1.05. The first-order valence-corrected chi connectivity index (χ1v) is 9.75. The number of guanidine groups is 1. The van der Waals surface area contributed by atoms with Gasteiger partial charge < -0.3 is 20.5 Å². The van der Waals surface area contributed by atoms with Crippen LogP contribution in [-0.2, 0) is 17.9 Å². The fourth-order valence-corrected chi connectivity index (χ4v) is 2.94. The number of hydrogen-bond donors (Lipinski definition) is 2. The van der Waals surface area contributed by atoms with E-state index in [4.69, 9.17) is 15.2 Å². The predicted octanol–water partition coefficient (Wildman–Crippen LogP) is 1.79. The molecule has 7 heteroatoms. The maximum Gasteiger partial charge on any atom is 0.213 e.